The lowest BCUT2D eigenvalue weighted by atomic mass is 9.97. The van der Waals surface area contributed by atoms with Crippen LogP contribution < -0.4 is 0 Å². The van der Waals surface area contributed by atoms with Crippen molar-refractivity contribution >= 4 is 43.6 Å². The highest BCUT2D eigenvalue weighted by Crippen LogP contribution is 2.41. The van der Waals surface area contributed by atoms with Crippen molar-refractivity contribution in [3.05, 3.63) is 186 Å². The van der Waals surface area contributed by atoms with E-state index in [0.717, 1.165) is 88.4 Å². The van der Waals surface area contributed by atoms with Crippen molar-refractivity contribution in [3.63, 3.8) is 0 Å². The molecule has 7 aromatic carbocycles. The van der Waals surface area contributed by atoms with Gasteiger partial charge in [0, 0.05) is 50.8 Å². The standard InChI is InChI=1S/C52H26N8/c53-26-32-9-15-40(37(21-32)29-56)34-12-17-50-45(23-34)42-5-1-3-7-48(42)59(50)39-14-11-36(28-55)44(25-39)47-31-58-20-19-52(47)60-49-8-4-2-6-43(49)46-24-35(13-18-51(46)60)41-16-10-33(27-54)22-38(41)30-57/h1-25,31H. The van der Waals surface area contributed by atoms with Crippen LogP contribution in [0.2, 0.25) is 0 Å². The van der Waals surface area contributed by atoms with Crippen molar-refractivity contribution in [2.75, 3.05) is 0 Å². The molecule has 0 aliphatic rings. The Kier molecular flexibility index (Phi) is 8.23. The Labute approximate surface area is 343 Å². The van der Waals surface area contributed by atoms with Crippen LogP contribution in [0, 0.1) is 56.7 Å². The normalized spacial score (nSPS) is 10.9. The van der Waals surface area contributed by atoms with Gasteiger partial charge in [0.25, 0.3) is 0 Å². The summed E-state index contributed by atoms with van der Waals surface area (Å²) in [4.78, 5) is 4.59. The van der Waals surface area contributed by atoms with E-state index in [1.807, 2.05) is 79.0 Å². The summed E-state index contributed by atoms with van der Waals surface area (Å²) in [5.41, 5.74) is 12.5. The van der Waals surface area contributed by atoms with Gasteiger partial charge >= 0.3 is 0 Å². The molecule has 10 rings (SSSR count). The fourth-order valence-corrected chi connectivity index (χ4v) is 8.52. The number of aromatic nitrogens is 3. The number of benzene rings is 7. The van der Waals surface area contributed by atoms with Gasteiger partial charge in [-0.3, -0.25) is 4.98 Å². The van der Waals surface area contributed by atoms with Crippen molar-refractivity contribution in [2.24, 2.45) is 0 Å². The molecule has 0 aliphatic heterocycles. The van der Waals surface area contributed by atoms with E-state index in [1.165, 1.54) is 0 Å². The summed E-state index contributed by atoms with van der Waals surface area (Å²) in [6.45, 7) is 0. The third-order valence-electron chi connectivity index (χ3n) is 11.2. The molecule has 60 heavy (non-hydrogen) atoms. The molecular formula is C52H26N8. The second kappa shape index (κ2) is 14.0. The van der Waals surface area contributed by atoms with E-state index in [-0.39, 0.29) is 0 Å². The van der Waals surface area contributed by atoms with Crippen LogP contribution >= 0.6 is 0 Å². The Balaban J connectivity index is 1.16. The summed E-state index contributed by atoms with van der Waals surface area (Å²) in [6, 6.07) is 58.0. The lowest BCUT2D eigenvalue weighted by Gasteiger charge is -2.16. The van der Waals surface area contributed by atoms with Gasteiger partial charge in [-0.2, -0.15) is 26.3 Å². The first-order chi connectivity index (χ1) is 29.5. The number of nitrogens with zero attached hydrogens (tertiary/aromatic N) is 8. The average molecular weight is 763 g/mol. The molecule has 8 heteroatoms. The highest BCUT2D eigenvalue weighted by Gasteiger charge is 2.21. The molecule has 0 aliphatic carbocycles. The van der Waals surface area contributed by atoms with Crippen LogP contribution in [0.15, 0.2) is 158 Å². The minimum atomic E-state index is 0.431. The van der Waals surface area contributed by atoms with Crippen LogP contribution in [0.25, 0.3) is 88.4 Å². The fraction of sp³-hybridized carbons (Fsp3) is 0. The van der Waals surface area contributed by atoms with Crippen molar-refractivity contribution in [1.29, 1.82) is 26.3 Å². The molecule has 0 atom stereocenters. The number of nitriles is 5. The van der Waals surface area contributed by atoms with Crippen LogP contribution in [0.1, 0.15) is 27.8 Å². The lowest BCUT2D eigenvalue weighted by Crippen LogP contribution is -2.01. The Morgan fingerprint density at radius 3 is 1.48 bits per heavy atom. The third kappa shape index (κ3) is 5.45. The van der Waals surface area contributed by atoms with Crippen LogP contribution in [-0.2, 0) is 0 Å². The number of hydrogen-bond acceptors (Lipinski definition) is 6. The molecule has 0 saturated carbocycles. The molecular weight excluding hydrogens is 737 g/mol. The number of hydrogen-bond donors (Lipinski definition) is 0. The van der Waals surface area contributed by atoms with Crippen molar-refractivity contribution in [3.8, 4) is 75.1 Å². The van der Waals surface area contributed by atoms with E-state index >= 15 is 0 Å². The van der Waals surface area contributed by atoms with E-state index in [1.54, 1.807) is 30.5 Å². The van der Waals surface area contributed by atoms with E-state index in [2.05, 4.69) is 93.0 Å². The van der Waals surface area contributed by atoms with Gasteiger partial charge in [-0.05, 0) is 107 Å². The molecule has 0 radical (unpaired) electrons. The largest absolute Gasteiger partial charge is 0.309 e. The smallest absolute Gasteiger partial charge is 0.0998 e. The molecule has 274 valence electrons. The van der Waals surface area contributed by atoms with Gasteiger partial charge in [0.1, 0.15) is 0 Å². The van der Waals surface area contributed by atoms with E-state index < -0.39 is 0 Å². The summed E-state index contributed by atoms with van der Waals surface area (Å²) in [5.74, 6) is 0. The van der Waals surface area contributed by atoms with Gasteiger partial charge in [0.2, 0.25) is 0 Å². The predicted octanol–water partition coefficient (Wildman–Crippen LogP) is 11.6. The first-order valence-electron chi connectivity index (χ1n) is 19.0. The second-order valence-electron chi connectivity index (χ2n) is 14.4. The lowest BCUT2D eigenvalue weighted by molar-refractivity contribution is 1.15. The maximum Gasteiger partial charge on any atom is 0.0998 e. The summed E-state index contributed by atoms with van der Waals surface area (Å²) in [6.07, 6.45) is 3.57. The zero-order chi connectivity index (χ0) is 40.9. The molecule has 10 aromatic rings. The number of para-hydroxylation sites is 2. The zero-order valence-corrected chi connectivity index (χ0v) is 31.6. The van der Waals surface area contributed by atoms with Crippen LogP contribution in [-0.4, -0.2) is 14.1 Å². The van der Waals surface area contributed by atoms with Gasteiger partial charge in [0.15, 0.2) is 0 Å². The molecule has 0 spiro atoms. The van der Waals surface area contributed by atoms with Gasteiger partial charge in [-0.1, -0.05) is 60.7 Å². The monoisotopic (exact) mass is 762 g/mol. The first kappa shape index (κ1) is 35.2. The van der Waals surface area contributed by atoms with Gasteiger partial charge in [-0.25, -0.2) is 0 Å². The van der Waals surface area contributed by atoms with E-state index in [4.69, 9.17) is 0 Å². The summed E-state index contributed by atoms with van der Waals surface area (Å²) in [5, 5.41) is 53.4. The second-order valence-corrected chi connectivity index (χ2v) is 14.4. The number of pyridine rings is 1. The van der Waals surface area contributed by atoms with Crippen LogP contribution in [0.4, 0.5) is 0 Å². The Morgan fingerprint density at radius 2 is 0.917 bits per heavy atom. The molecule has 8 nitrogen and oxygen atoms in total. The first-order valence-corrected chi connectivity index (χ1v) is 19.0. The van der Waals surface area contributed by atoms with Crippen LogP contribution in [0.3, 0.4) is 0 Å². The van der Waals surface area contributed by atoms with Crippen LogP contribution in [0.5, 0.6) is 0 Å². The van der Waals surface area contributed by atoms with Crippen molar-refractivity contribution in [2.45, 2.75) is 0 Å². The molecule has 0 saturated heterocycles. The minimum Gasteiger partial charge on any atom is -0.309 e. The van der Waals surface area contributed by atoms with Gasteiger partial charge in [-0.15, -0.1) is 0 Å². The van der Waals surface area contributed by atoms with E-state index in [9.17, 15) is 26.3 Å². The molecule has 0 bridgehead atoms. The minimum absolute atomic E-state index is 0.431. The average Bonchev–Trinajstić information content (AvgIpc) is 3.83. The van der Waals surface area contributed by atoms with Gasteiger partial charge in [0.05, 0.1) is 85.9 Å². The topological polar surface area (TPSA) is 142 Å². The summed E-state index contributed by atoms with van der Waals surface area (Å²) in [7, 11) is 0. The van der Waals surface area contributed by atoms with Crippen molar-refractivity contribution in [1.82, 2.24) is 14.1 Å². The maximum absolute atomic E-state index is 10.6. The van der Waals surface area contributed by atoms with Crippen molar-refractivity contribution < 1.29 is 0 Å². The molecule has 0 amide bonds. The summed E-state index contributed by atoms with van der Waals surface area (Å²) >= 11 is 0. The molecule has 3 heterocycles. The van der Waals surface area contributed by atoms with Gasteiger partial charge < -0.3 is 9.13 Å². The van der Waals surface area contributed by atoms with E-state index in [0.29, 0.717) is 27.8 Å². The molecule has 0 N–H and O–H groups in total. The Morgan fingerprint density at radius 1 is 0.383 bits per heavy atom. The maximum atomic E-state index is 10.6. The highest BCUT2D eigenvalue weighted by molar-refractivity contribution is 6.12. The number of fused-ring (bicyclic) bond motifs is 6. The zero-order valence-electron chi connectivity index (χ0n) is 31.6. The Hall–Kier alpha value is -9.26. The summed E-state index contributed by atoms with van der Waals surface area (Å²) < 4.78 is 4.39. The molecule has 0 fully saturated rings. The fourth-order valence-electron chi connectivity index (χ4n) is 8.52. The molecule has 0 unspecified atom stereocenters. The number of rotatable bonds is 5. The quantitative estimate of drug-likeness (QED) is 0.171. The predicted molar refractivity (Wildman–Crippen MR) is 233 cm³/mol. The third-order valence-corrected chi connectivity index (χ3v) is 11.2. The molecule has 3 aromatic heterocycles. The highest BCUT2D eigenvalue weighted by atomic mass is 15.0. The SMILES string of the molecule is N#Cc1ccc(-c2ccc3c(c2)c2ccccc2n3-c2ccc(C#N)c(-c3cnccc3-n3c4ccccc4c4cc(-c5ccc(C#N)cc5C#N)ccc43)c2)c(C#N)c1. The Bertz CT molecular complexity index is 3680.